The SMILES string of the molecule is Cc1ccc(S(=O)(=O)N2CCCC(C(=O)NCC3CCCCC3)C2)cc1. The quantitative estimate of drug-likeness (QED) is 0.856. The molecule has 1 aromatic rings. The molecule has 26 heavy (non-hydrogen) atoms. The zero-order chi connectivity index (χ0) is 18.6. The Balaban J connectivity index is 1.59. The van der Waals surface area contributed by atoms with Gasteiger partial charge in [-0.25, -0.2) is 8.42 Å². The number of hydrogen-bond acceptors (Lipinski definition) is 3. The van der Waals surface area contributed by atoms with Crippen LogP contribution in [-0.4, -0.2) is 38.3 Å². The third-order valence-electron chi connectivity index (χ3n) is 5.70. The molecule has 6 heteroatoms. The molecule has 1 atom stereocenters. The maximum absolute atomic E-state index is 12.9. The second-order valence-corrected chi connectivity index (χ2v) is 9.70. The number of carbonyl (C=O) groups is 1. The second-order valence-electron chi connectivity index (χ2n) is 7.76. The van der Waals surface area contributed by atoms with Gasteiger partial charge < -0.3 is 5.32 Å². The Morgan fingerprint density at radius 2 is 1.77 bits per heavy atom. The lowest BCUT2D eigenvalue weighted by molar-refractivity contribution is -0.126. The van der Waals surface area contributed by atoms with Crippen molar-refractivity contribution < 1.29 is 13.2 Å². The molecule has 144 valence electrons. The van der Waals surface area contributed by atoms with Crippen LogP contribution in [0.2, 0.25) is 0 Å². The predicted octanol–water partition coefficient (Wildman–Crippen LogP) is 3.09. The highest BCUT2D eigenvalue weighted by Gasteiger charge is 2.33. The molecule has 0 spiro atoms. The molecule has 1 aromatic carbocycles. The maximum Gasteiger partial charge on any atom is 0.243 e. The fraction of sp³-hybridized carbons (Fsp3) is 0.650. The minimum atomic E-state index is -3.53. The zero-order valence-electron chi connectivity index (χ0n) is 15.6. The zero-order valence-corrected chi connectivity index (χ0v) is 16.4. The molecule has 0 radical (unpaired) electrons. The molecule has 1 amide bonds. The Kier molecular flexibility index (Phi) is 6.35. The van der Waals surface area contributed by atoms with Crippen molar-refractivity contribution in [3.05, 3.63) is 29.8 Å². The fourth-order valence-corrected chi connectivity index (χ4v) is 5.54. The average Bonchev–Trinajstić information content (AvgIpc) is 2.67. The fourth-order valence-electron chi connectivity index (χ4n) is 4.01. The van der Waals surface area contributed by atoms with Gasteiger partial charge >= 0.3 is 0 Å². The van der Waals surface area contributed by atoms with E-state index in [1.807, 2.05) is 19.1 Å². The number of sulfonamides is 1. The molecular weight excluding hydrogens is 348 g/mol. The van der Waals surface area contributed by atoms with Crippen LogP contribution in [0.4, 0.5) is 0 Å². The minimum Gasteiger partial charge on any atom is -0.356 e. The van der Waals surface area contributed by atoms with Crippen molar-refractivity contribution in [2.75, 3.05) is 19.6 Å². The molecule has 1 N–H and O–H groups in total. The standard InChI is InChI=1S/C20H30N2O3S/c1-16-9-11-19(12-10-16)26(24,25)22-13-5-8-18(15-22)20(23)21-14-17-6-3-2-4-7-17/h9-12,17-18H,2-8,13-15H2,1H3,(H,21,23). The van der Waals surface area contributed by atoms with Gasteiger partial charge in [0.15, 0.2) is 0 Å². The third-order valence-corrected chi connectivity index (χ3v) is 7.58. The molecule has 2 fully saturated rings. The van der Waals surface area contributed by atoms with Gasteiger partial charge in [0.05, 0.1) is 10.8 Å². The first-order valence-electron chi connectivity index (χ1n) is 9.81. The van der Waals surface area contributed by atoms with Crippen molar-refractivity contribution in [2.45, 2.75) is 56.8 Å². The van der Waals surface area contributed by atoms with E-state index in [-0.39, 0.29) is 18.4 Å². The summed E-state index contributed by atoms with van der Waals surface area (Å²) in [5.41, 5.74) is 1.03. The first-order chi connectivity index (χ1) is 12.5. The van der Waals surface area contributed by atoms with E-state index in [9.17, 15) is 13.2 Å². The van der Waals surface area contributed by atoms with Crippen molar-refractivity contribution in [2.24, 2.45) is 11.8 Å². The van der Waals surface area contributed by atoms with E-state index in [1.165, 1.54) is 36.4 Å². The van der Waals surface area contributed by atoms with Crippen LogP contribution >= 0.6 is 0 Å². The summed E-state index contributed by atoms with van der Waals surface area (Å²) in [6.07, 6.45) is 7.69. The molecule has 0 bridgehead atoms. The van der Waals surface area contributed by atoms with Crippen LogP contribution in [0.5, 0.6) is 0 Å². The summed E-state index contributed by atoms with van der Waals surface area (Å²) in [6.45, 7) is 3.44. The van der Waals surface area contributed by atoms with Crippen molar-refractivity contribution in [1.82, 2.24) is 9.62 Å². The molecule has 0 aromatic heterocycles. The van der Waals surface area contributed by atoms with Gasteiger partial charge in [0.25, 0.3) is 0 Å². The van der Waals surface area contributed by atoms with E-state index in [4.69, 9.17) is 0 Å². The number of benzene rings is 1. The Hall–Kier alpha value is -1.40. The van der Waals surface area contributed by atoms with Gasteiger partial charge in [-0.15, -0.1) is 0 Å². The number of hydrogen-bond donors (Lipinski definition) is 1. The molecule has 1 aliphatic heterocycles. The van der Waals surface area contributed by atoms with Gasteiger partial charge in [0.1, 0.15) is 0 Å². The monoisotopic (exact) mass is 378 g/mol. The van der Waals surface area contributed by atoms with Crippen LogP contribution in [0, 0.1) is 18.8 Å². The summed E-state index contributed by atoms with van der Waals surface area (Å²) in [7, 11) is -3.53. The van der Waals surface area contributed by atoms with E-state index < -0.39 is 10.0 Å². The number of nitrogens with one attached hydrogen (secondary N) is 1. The molecule has 1 heterocycles. The van der Waals surface area contributed by atoms with E-state index in [2.05, 4.69) is 5.32 Å². The van der Waals surface area contributed by atoms with Gasteiger partial charge in [-0.3, -0.25) is 4.79 Å². The second kappa shape index (κ2) is 8.53. The Bertz CT molecular complexity index is 709. The number of nitrogens with zero attached hydrogens (tertiary/aromatic N) is 1. The molecule has 1 saturated carbocycles. The van der Waals surface area contributed by atoms with Gasteiger partial charge in [0, 0.05) is 19.6 Å². The van der Waals surface area contributed by atoms with E-state index in [1.54, 1.807) is 12.1 Å². The van der Waals surface area contributed by atoms with Crippen molar-refractivity contribution >= 4 is 15.9 Å². The number of amides is 1. The summed E-state index contributed by atoms with van der Waals surface area (Å²) in [5, 5.41) is 3.08. The Morgan fingerprint density at radius 3 is 2.46 bits per heavy atom. The first kappa shape index (κ1) is 19.4. The molecule has 2 aliphatic rings. The van der Waals surface area contributed by atoms with Gasteiger partial charge in [0.2, 0.25) is 15.9 Å². The largest absolute Gasteiger partial charge is 0.356 e. The van der Waals surface area contributed by atoms with Gasteiger partial charge in [-0.05, 0) is 50.7 Å². The lowest BCUT2D eigenvalue weighted by atomic mass is 9.89. The number of carbonyl (C=O) groups excluding carboxylic acids is 1. The highest BCUT2D eigenvalue weighted by molar-refractivity contribution is 7.89. The van der Waals surface area contributed by atoms with Crippen molar-refractivity contribution in [3.63, 3.8) is 0 Å². The molecule has 5 nitrogen and oxygen atoms in total. The molecule has 3 rings (SSSR count). The van der Waals surface area contributed by atoms with Gasteiger partial charge in [-0.2, -0.15) is 4.31 Å². The summed E-state index contributed by atoms with van der Waals surface area (Å²) in [5.74, 6) is 0.357. The van der Waals surface area contributed by atoms with Crippen LogP contribution in [0.1, 0.15) is 50.5 Å². The average molecular weight is 379 g/mol. The Labute approximate surface area is 157 Å². The topological polar surface area (TPSA) is 66.5 Å². The summed E-state index contributed by atoms with van der Waals surface area (Å²) < 4.78 is 27.2. The predicted molar refractivity (Wildman–Crippen MR) is 102 cm³/mol. The molecule has 1 aliphatic carbocycles. The summed E-state index contributed by atoms with van der Waals surface area (Å²) >= 11 is 0. The highest BCUT2D eigenvalue weighted by Crippen LogP contribution is 2.25. The van der Waals surface area contributed by atoms with E-state index in [0.29, 0.717) is 17.4 Å². The van der Waals surface area contributed by atoms with Crippen molar-refractivity contribution in [1.29, 1.82) is 0 Å². The maximum atomic E-state index is 12.9. The van der Waals surface area contributed by atoms with Crippen LogP contribution in [0.25, 0.3) is 0 Å². The first-order valence-corrected chi connectivity index (χ1v) is 11.3. The number of piperidine rings is 1. The number of aryl methyl sites for hydroxylation is 1. The minimum absolute atomic E-state index is 0.0133. The van der Waals surface area contributed by atoms with E-state index in [0.717, 1.165) is 24.9 Å². The smallest absolute Gasteiger partial charge is 0.243 e. The van der Waals surface area contributed by atoms with Crippen molar-refractivity contribution in [3.8, 4) is 0 Å². The lowest BCUT2D eigenvalue weighted by Gasteiger charge is -2.31. The van der Waals surface area contributed by atoms with Crippen LogP contribution < -0.4 is 5.32 Å². The molecule has 1 unspecified atom stereocenters. The highest BCUT2D eigenvalue weighted by atomic mass is 32.2. The van der Waals surface area contributed by atoms with Crippen LogP contribution in [-0.2, 0) is 14.8 Å². The van der Waals surface area contributed by atoms with Gasteiger partial charge in [-0.1, -0.05) is 37.0 Å². The lowest BCUT2D eigenvalue weighted by Crippen LogP contribution is -2.46. The third kappa shape index (κ3) is 4.65. The van der Waals surface area contributed by atoms with Crippen LogP contribution in [0.15, 0.2) is 29.2 Å². The Morgan fingerprint density at radius 1 is 1.08 bits per heavy atom. The normalized spacial score (nSPS) is 22.9. The summed E-state index contributed by atoms with van der Waals surface area (Å²) in [6, 6.07) is 6.92. The van der Waals surface area contributed by atoms with Crippen LogP contribution in [0.3, 0.4) is 0 Å². The number of rotatable bonds is 5. The summed E-state index contributed by atoms with van der Waals surface area (Å²) in [4.78, 5) is 12.9. The van der Waals surface area contributed by atoms with E-state index >= 15 is 0 Å². The molecular formula is C20H30N2O3S. The molecule has 1 saturated heterocycles.